The van der Waals surface area contributed by atoms with Crippen LogP contribution in [-0.4, -0.2) is 17.1 Å². The first-order valence-electron chi connectivity index (χ1n) is 3.60. The Labute approximate surface area is 70.9 Å². The van der Waals surface area contributed by atoms with Crippen LogP contribution in [0.4, 0.5) is 0 Å². The SMILES string of the molecule is COc1cc(C(C)NN)ncn1. The fourth-order valence-corrected chi connectivity index (χ4v) is 0.787. The molecule has 0 spiro atoms. The van der Waals surface area contributed by atoms with Gasteiger partial charge in [0.1, 0.15) is 6.33 Å². The smallest absolute Gasteiger partial charge is 0.216 e. The third kappa shape index (κ3) is 1.90. The van der Waals surface area contributed by atoms with E-state index in [2.05, 4.69) is 15.4 Å². The summed E-state index contributed by atoms with van der Waals surface area (Å²) >= 11 is 0. The quantitative estimate of drug-likeness (QED) is 0.491. The molecule has 0 radical (unpaired) electrons. The summed E-state index contributed by atoms with van der Waals surface area (Å²) in [7, 11) is 1.56. The summed E-state index contributed by atoms with van der Waals surface area (Å²) in [4.78, 5) is 7.90. The Balaban J connectivity index is 2.86. The molecule has 5 nitrogen and oxygen atoms in total. The van der Waals surface area contributed by atoms with Crippen molar-refractivity contribution >= 4 is 0 Å². The standard InChI is InChI=1S/C7H12N4O/c1-5(11-8)6-3-7(12-2)10-4-9-6/h3-5,11H,8H2,1-2H3. The molecule has 1 aromatic heterocycles. The Hall–Kier alpha value is -1.20. The fraction of sp³-hybridized carbons (Fsp3) is 0.429. The van der Waals surface area contributed by atoms with Gasteiger partial charge in [0.15, 0.2) is 0 Å². The van der Waals surface area contributed by atoms with Crippen molar-refractivity contribution in [3.05, 3.63) is 18.1 Å². The number of nitrogens with two attached hydrogens (primary N) is 1. The Bertz CT molecular complexity index is 253. The van der Waals surface area contributed by atoms with Crippen molar-refractivity contribution in [2.45, 2.75) is 13.0 Å². The number of hydrogen-bond acceptors (Lipinski definition) is 5. The lowest BCUT2D eigenvalue weighted by atomic mass is 10.2. The highest BCUT2D eigenvalue weighted by atomic mass is 16.5. The van der Waals surface area contributed by atoms with Gasteiger partial charge >= 0.3 is 0 Å². The summed E-state index contributed by atoms with van der Waals surface area (Å²) < 4.78 is 4.93. The molecule has 1 atom stereocenters. The maximum absolute atomic E-state index is 5.24. The molecular weight excluding hydrogens is 156 g/mol. The van der Waals surface area contributed by atoms with Gasteiger partial charge in [-0.25, -0.2) is 9.97 Å². The minimum absolute atomic E-state index is 0.00176. The minimum Gasteiger partial charge on any atom is -0.481 e. The van der Waals surface area contributed by atoms with E-state index in [4.69, 9.17) is 10.6 Å². The minimum atomic E-state index is 0.00176. The maximum atomic E-state index is 5.24. The lowest BCUT2D eigenvalue weighted by Crippen LogP contribution is -2.26. The van der Waals surface area contributed by atoms with Gasteiger partial charge in [-0.05, 0) is 6.92 Å². The highest BCUT2D eigenvalue weighted by Crippen LogP contribution is 2.11. The van der Waals surface area contributed by atoms with Crippen molar-refractivity contribution in [3.63, 3.8) is 0 Å². The molecule has 0 amide bonds. The first-order chi connectivity index (χ1) is 5.77. The van der Waals surface area contributed by atoms with E-state index in [0.29, 0.717) is 5.88 Å². The second-order valence-corrected chi connectivity index (χ2v) is 2.37. The van der Waals surface area contributed by atoms with Crippen molar-refractivity contribution in [1.29, 1.82) is 0 Å². The Morgan fingerprint density at radius 3 is 2.92 bits per heavy atom. The predicted octanol–water partition coefficient (Wildman–Crippen LogP) is 0.00950. The number of aromatic nitrogens is 2. The highest BCUT2D eigenvalue weighted by molar-refractivity contribution is 5.15. The Morgan fingerprint density at radius 2 is 2.33 bits per heavy atom. The van der Waals surface area contributed by atoms with Crippen molar-refractivity contribution in [3.8, 4) is 5.88 Å². The molecule has 66 valence electrons. The van der Waals surface area contributed by atoms with Crippen LogP contribution in [0.3, 0.4) is 0 Å². The van der Waals surface area contributed by atoms with E-state index in [1.165, 1.54) is 6.33 Å². The molecule has 0 saturated heterocycles. The highest BCUT2D eigenvalue weighted by Gasteiger charge is 2.05. The maximum Gasteiger partial charge on any atom is 0.216 e. The van der Waals surface area contributed by atoms with E-state index < -0.39 is 0 Å². The van der Waals surface area contributed by atoms with Crippen molar-refractivity contribution in [2.75, 3.05) is 7.11 Å². The molecule has 0 fully saturated rings. The third-order valence-electron chi connectivity index (χ3n) is 1.57. The molecule has 1 heterocycles. The van der Waals surface area contributed by atoms with E-state index in [9.17, 15) is 0 Å². The van der Waals surface area contributed by atoms with E-state index >= 15 is 0 Å². The van der Waals surface area contributed by atoms with Gasteiger partial charge in [0, 0.05) is 6.07 Å². The molecule has 5 heteroatoms. The molecular formula is C7H12N4O. The van der Waals surface area contributed by atoms with Crippen molar-refractivity contribution in [2.24, 2.45) is 5.84 Å². The zero-order valence-electron chi connectivity index (χ0n) is 7.11. The predicted molar refractivity (Wildman–Crippen MR) is 44.3 cm³/mol. The van der Waals surface area contributed by atoms with E-state index in [0.717, 1.165) is 5.69 Å². The van der Waals surface area contributed by atoms with Crippen LogP contribution in [0, 0.1) is 0 Å². The fourth-order valence-electron chi connectivity index (χ4n) is 0.787. The molecule has 0 aromatic carbocycles. The van der Waals surface area contributed by atoms with E-state index in [1.54, 1.807) is 13.2 Å². The lowest BCUT2D eigenvalue weighted by Gasteiger charge is -2.08. The van der Waals surface area contributed by atoms with Crippen LogP contribution in [0.1, 0.15) is 18.7 Å². The van der Waals surface area contributed by atoms with Crippen LogP contribution < -0.4 is 16.0 Å². The molecule has 0 aliphatic rings. The molecule has 0 saturated carbocycles. The third-order valence-corrected chi connectivity index (χ3v) is 1.57. The molecule has 12 heavy (non-hydrogen) atoms. The number of hydrazine groups is 1. The van der Waals surface area contributed by atoms with Gasteiger partial charge in [-0.15, -0.1) is 0 Å². The monoisotopic (exact) mass is 168 g/mol. The molecule has 1 rings (SSSR count). The summed E-state index contributed by atoms with van der Waals surface area (Å²) in [5, 5.41) is 0. The number of nitrogens with one attached hydrogen (secondary N) is 1. The second-order valence-electron chi connectivity index (χ2n) is 2.37. The molecule has 1 unspecified atom stereocenters. The number of methoxy groups -OCH3 is 1. The zero-order valence-corrected chi connectivity index (χ0v) is 7.11. The second kappa shape index (κ2) is 3.99. The van der Waals surface area contributed by atoms with Gasteiger partial charge < -0.3 is 4.74 Å². The summed E-state index contributed by atoms with van der Waals surface area (Å²) in [6, 6.07) is 1.74. The van der Waals surface area contributed by atoms with E-state index in [1.807, 2.05) is 6.92 Å². The van der Waals surface area contributed by atoms with Crippen molar-refractivity contribution < 1.29 is 4.74 Å². The van der Waals surface area contributed by atoms with Crippen molar-refractivity contribution in [1.82, 2.24) is 15.4 Å². The lowest BCUT2D eigenvalue weighted by molar-refractivity contribution is 0.394. The number of rotatable bonds is 3. The van der Waals surface area contributed by atoms with Crippen LogP contribution in [0.25, 0.3) is 0 Å². The Kier molecular flexibility index (Phi) is 2.95. The first kappa shape index (κ1) is 8.89. The first-order valence-corrected chi connectivity index (χ1v) is 3.60. The van der Waals surface area contributed by atoms with Gasteiger partial charge in [-0.2, -0.15) is 0 Å². The van der Waals surface area contributed by atoms with Crippen LogP contribution in [0.15, 0.2) is 12.4 Å². The largest absolute Gasteiger partial charge is 0.481 e. The van der Waals surface area contributed by atoms with Gasteiger partial charge in [0.25, 0.3) is 0 Å². The van der Waals surface area contributed by atoms with Gasteiger partial charge in [0.05, 0.1) is 18.8 Å². The average Bonchev–Trinajstić information content (AvgIpc) is 2.17. The molecule has 0 aliphatic carbocycles. The molecule has 0 aliphatic heterocycles. The average molecular weight is 168 g/mol. The zero-order chi connectivity index (χ0) is 8.97. The van der Waals surface area contributed by atoms with Gasteiger partial charge in [0.2, 0.25) is 5.88 Å². The van der Waals surface area contributed by atoms with Crippen LogP contribution >= 0.6 is 0 Å². The van der Waals surface area contributed by atoms with Crippen LogP contribution in [0.5, 0.6) is 5.88 Å². The normalized spacial score (nSPS) is 12.6. The summed E-state index contributed by atoms with van der Waals surface area (Å²) in [6.45, 7) is 1.90. The van der Waals surface area contributed by atoms with Gasteiger partial charge in [-0.3, -0.25) is 11.3 Å². The Morgan fingerprint density at radius 1 is 1.58 bits per heavy atom. The topological polar surface area (TPSA) is 73.1 Å². The summed E-state index contributed by atoms with van der Waals surface area (Å²) in [5.41, 5.74) is 3.40. The number of hydrogen-bond donors (Lipinski definition) is 2. The van der Waals surface area contributed by atoms with Gasteiger partial charge in [-0.1, -0.05) is 0 Å². The molecule has 1 aromatic rings. The summed E-state index contributed by atoms with van der Waals surface area (Å²) in [6.07, 6.45) is 1.45. The van der Waals surface area contributed by atoms with E-state index in [-0.39, 0.29) is 6.04 Å². The summed E-state index contributed by atoms with van der Waals surface area (Å²) in [5.74, 6) is 5.79. The van der Waals surface area contributed by atoms with Crippen LogP contribution in [0.2, 0.25) is 0 Å². The molecule has 3 N–H and O–H groups in total. The number of ether oxygens (including phenoxy) is 1. The number of nitrogens with zero attached hydrogens (tertiary/aromatic N) is 2. The molecule has 0 bridgehead atoms. The van der Waals surface area contributed by atoms with Crippen LogP contribution in [-0.2, 0) is 0 Å².